The molecular weight excluding hydrogens is 1030 g/mol. The predicted octanol–water partition coefficient (Wildman–Crippen LogP) is 10.1. The third-order valence-electron chi connectivity index (χ3n) is 14.2. The number of Topliss-reactive ketones (excluding diaryl/α,β-unsaturated/α-hetero) is 1. The summed E-state index contributed by atoms with van der Waals surface area (Å²) in [6, 6.07) is 7.79. The maximum absolute atomic E-state index is 14.7. The van der Waals surface area contributed by atoms with Crippen LogP contribution in [0.2, 0.25) is 0 Å². The molecule has 6 N–H and O–H groups in total. The van der Waals surface area contributed by atoms with Gasteiger partial charge in [0.25, 0.3) is 15.1 Å². The van der Waals surface area contributed by atoms with E-state index in [0.29, 0.717) is 60.6 Å². The van der Waals surface area contributed by atoms with Crippen molar-refractivity contribution in [1.29, 1.82) is 0 Å². The predicted molar refractivity (Wildman–Crippen MR) is 297 cm³/mol. The van der Waals surface area contributed by atoms with Crippen LogP contribution in [0.3, 0.4) is 0 Å². The van der Waals surface area contributed by atoms with Crippen LogP contribution in [-0.4, -0.2) is 121 Å². The van der Waals surface area contributed by atoms with E-state index in [0.717, 1.165) is 136 Å². The summed E-state index contributed by atoms with van der Waals surface area (Å²) in [7, 11) is -11.1. The Balaban J connectivity index is 1.95. The first-order valence-electron chi connectivity index (χ1n) is 28.7. The van der Waals surface area contributed by atoms with Gasteiger partial charge in [-0.1, -0.05) is 168 Å². The van der Waals surface area contributed by atoms with Crippen LogP contribution in [0.5, 0.6) is 23.0 Å². The van der Waals surface area contributed by atoms with E-state index in [-0.39, 0.29) is 19.3 Å². The van der Waals surface area contributed by atoms with Gasteiger partial charge in [-0.25, -0.2) is 0 Å². The lowest BCUT2D eigenvalue weighted by Gasteiger charge is -2.54. The molecule has 2 aromatic rings. The highest BCUT2D eigenvalue weighted by atomic mass is 32.2. The van der Waals surface area contributed by atoms with Crippen molar-refractivity contribution in [3.63, 3.8) is 0 Å². The van der Waals surface area contributed by atoms with E-state index < -0.39 is 72.8 Å². The van der Waals surface area contributed by atoms with Crippen molar-refractivity contribution in [1.82, 2.24) is 5.32 Å². The van der Waals surface area contributed by atoms with Gasteiger partial charge in [-0.3, -0.25) is 18.7 Å². The number of methoxy groups -OCH3 is 1. The molecule has 0 bridgehead atoms. The van der Waals surface area contributed by atoms with E-state index >= 15 is 0 Å². The Morgan fingerprint density at radius 1 is 0.571 bits per heavy atom. The molecule has 1 amide bonds. The molecule has 0 aliphatic carbocycles. The van der Waals surface area contributed by atoms with Gasteiger partial charge in [0, 0.05) is 20.0 Å². The minimum Gasteiger partial charge on any atom is -0.490 e. The number of benzene rings is 2. The quantitative estimate of drug-likeness (QED) is 0.0266. The summed E-state index contributed by atoms with van der Waals surface area (Å²) in [5.41, 5.74) is -6.25. The second-order valence-corrected chi connectivity index (χ2v) is 23.6. The van der Waals surface area contributed by atoms with Gasteiger partial charge >= 0.3 is 10.1 Å². The molecule has 0 spiro atoms. The fraction of sp³-hybridized carbons (Fsp3) is 0.754. The highest BCUT2D eigenvalue weighted by molar-refractivity contribution is 7.88. The summed E-state index contributed by atoms with van der Waals surface area (Å²) >= 11 is 0. The van der Waals surface area contributed by atoms with Gasteiger partial charge in [0.15, 0.2) is 46.8 Å². The Hall–Kier alpha value is -3.60. The number of hydrogen-bond acceptors (Lipinski definition) is 15. The number of ether oxygens (including phenoxy) is 6. The van der Waals surface area contributed by atoms with Gasteiger partial charge in [0.2, 0.25) is 11.3 Å². The highest BCUT2D eigenvalue weighted by Crippen LogP contribution is 2.45. The number of ketones is 1. The molecule has 1 aliphatic rings. The molecule has 1 saturated heterocycles. The number of nitrogens with one attached hydrogen (secondary N) is 1. The maximum Gasteiger partial charge on any atom is 0.301 e. The minimum atomic E-state index is -6.31. The molecule has 0 aromatic heterocycles. The first-order chi connectivity index (χ1) is 36.8. The monoisotopic (exact) mass is 1130 g/mol. The van der Waals surface area contributed by atoms with E-state index in [9.17, 15) is 50.8 Å². The lowest BCUT2D eigenvalue weighted by atomic mass is 9.76. The fourth-order valence-electron chi connectivity index (χ4n) is 9.54. The second-order valence-electron chi connectivity index (χ2n) is 20.5. The Bertz CT molecular complexity index is 2230. The van der Waals surface area contributed by atoms with Crippen molar-refractivity contribution in [2.45, 2.75) is 242 Å². The third-order valence-corrected chi connectivity index (χ3v) is 16.4. The topological polar surface area (TPSA) is 271 Å². The zero-order chi connectivity index (χ0) is 56.7. The number of rotatable bonds is 44. The summed E-state index contributed by atoms with van der Waals surface area (Å²) in [4.78, 5) is 24.3. The standard InChI is InChI=1S/C57H95NO17S2/c1-6-10-14-18-22-26-38-71-46-34-30-44(42-48(46)73-40-28-24-20-16-12-8-3)32-36-50(59)56(62)52(55(70-5)75-53(54(61)76(64,65)66)57(56,63)77(67,68)69)58-51(60)37-33-45-31-35-47(72-39-27-23-19-15-11-7-2)49(43-45)74-41-29-25-21-17-13-9-4/h30-31,34-35,42-43,52-55,61-63H,6-29,32-33,36-41H2,1-5H3,(H,58,60)(H,64,65,66)(H,67,68,69)/t52-,53-,54?,55+,56-,57+/m1/s1. The van der Waals surface area contributed by atoms with Crippen molar-refractivity contribution in [3.05, 3.63) is 47.5 Å². The van der Waals surface area contributed by atoms with Crippen LogP contribution in [0, 0.1) is 0 Å². The first kappa shape index (κ1) is 67.7. The van der Waals surface area contributed by atoms with Crippen LogP contribution in [0.15, 0.2) is 36.4 Å². The van der Waals surface area contributed by atoms with Gasteiger partial charge in [-0.2, -0.15) is 16.8 Å². The van der Waals surface area contributed by atoms with E-state index in [1.54, 1.807) is 36.4 Å². The average molecular weight is 1130 g/mol. The van der Waals surface area contributed by atoms with Gasteiger partial charge in [-0.05, 0) is 73.9 Å². The molecule has 2 aromatic carbocycles. The molecule has 77 heavy (non-hydrogen) atoms. The Kier molecular flexibility index (Phi) is 31.5. The van der Waals surface area contributed by atoms with Crippen molar-refractivity contribution < 1.29 is 79.3 Å². The number of aryl methyl sites for hydroxylation is 2. The Labute approximate surface area is 460 Å². The van der Waals surface area contributed by atoms with Gasteiger partial charge in [0.05, 0.1) is 26.4 Å². The normalized spacial score (nSPS) is 20.2. The lowest BCUT2D eigenvalue weighted by Crippen LogP contribution is -2.83. The average Bonchev–Trinajstić information content (AvgIpc) is 3.41. The molecular formula is C57H95NO17S2. The molecule has 1 fully saturated rings. The summed E-state index contributed by atoms with van der Waals surface area (Å²) < 4.78 is 108. The minimum absolute atomic E-state index is 0.0309. The van der Waals surface area contributed by atoms with Crippen molar-refractivity contribution in [2.24, 2.45) is 0 Å². The third kappa shape index (κ3) is 21.8. The molecule has 442 valence electrons. The van der Waals surface area contributed by atoms with E-state index in [1.165, 1.54) is 25.7 Å². The smallest absolute Gasteiger partial charge is 0.301 e. The van der Waals surface area contributed by atoms with Gasteiger partial charge in [0.1, 0.15) is 6.04 Å². The molecule has 1 unspecified atom stereocenters. The Morgan fingerprint density at radius 2 is 0.935 bits per heavy atom. The molecule has 0 saturated carbocycles. The molecule has 1 heterocycles. The number of aliphatic hydroxyl groups is 3. The summed E-state index contributed by atoms with van der Waals surface area (Å²) in [6.45, 7) is 10.4. The first-order valence-corrected chi connectivity index (χ1v) is 31.6. The second kappa shape index (κ2) is 35.9. The van der Waals surface area contributed by atoms with Crippen LogP contribution >= 0.6 is 0 Å². The number of hydrogen-bond donors (Lipinski definition) is 6. The Morgan fingerprint density at radius 3 is 1.30 bits per heavy atom. The summed E-state index contributed by atoms with van der Waals surface area (Å²) in [5, 5.41) is 37.9. The molecule has 0 radical (unpaired) electrons. The fourth-order valence-corrected chi connectivity index (χ4v) is 11.3. The summed E-state index contributed by atoms with van der Waals surface area (Å²) in [6.07, 6.45) is 18.6. The number of amides is 1. The molecule has 3 rings (SSSR count). The van der Waals surface area contributed by atoms with Crippen molar-refractivity contribution in [3.8, 4) is 23.0 Å². The van der Waals surface area contributed by atoms with Crippen molar-refractivity contribution in [2.75, 3.05) is 33.5 Å². The van der Waals surface area contributed by atoms with E-state index in [1.807, 2.05) is 0 Å². The molecule has 20 heteroatoms. The zero-order valence-electron chi connectivity index (χ0n) is 46.9. The number of aliphatic hydroxyl groups excluding tert-OH is 1. The van der Waals surface area contributed by atoms with Crippen LogP contribution < -0.4 is 24.3 Å². The highest BCUT2D eigenvalue weighted by Gasteiger charge is 2.77. The van der Waals surface area contributed by atoms with Crippen LogP contribution in [-0.2, 0) is 52.1 Å². The number of carbonyl (C=O) groups is 2. The SMILES string of the molecule is CCCCCCCCOc1ccc(CCC(=O)N[C@@H]2[C@@H](OC)O[C@H](C(O)S(=O)(=O)O)[C@](O)(S(=O)(=O)O)[C@@]2(O)C(=O)CCc2ccc(OCCCCCCCC)c(OCCCCCCCC)c2)cc1OCCCCCCCC. The van der Waals surface area contributed by atoms with Crippen LogP contribution in [0.4, 0.5) is 0 Å². The molecule has 18 nitrogen and oxygen atoms in total. The van der Waals surface area contributed by atoms with Gasteiger partial charge in [-0.15, -0.1) is 0 Å². The largest absolute Gasteiger partial charge is 0.490 e. The van der Waals surface area contributed by atoms with Gasteiger partial charge < -0.3 is 49.1 Å². The molecule has 6 atom stereocenters. The van der Waals surface area contributed by atoms with Crippen LogP contribution in [0.1, 0.15) is 206 Å². The van der Waals surface area contributed by atoms with E-state index in [4.69, 9.17) is 28.4 Å². The number of carbonyl (C=O) groups excluding carboxylic acids is 2. The van der Waals surface area contributed by atoms with Crippen molar-refractivity contribution >= 4 is 31.9 Å². The lowest BCUT2D eigenvalue weighted by molar-refractivity contribution is -0.304. The summed E-state index contributed by atoms with van der Waals surface area (Å²) in [5.74, 6) is -0.611. The number of unbranched alkanes of at least 4 members (excludes halogenated alkanes) is 20. The maximum atomic E-state index is 14.7. The van der Waals surface area contributed by atoms with Crippen LogP contribution in [0.25, 0.3) is 0 Å². The molecule has 1 aliphatic heterocycles. The zero-order valence-corrected chi connectivity index (χ0v) is 48.5. The van der Waals surface area contributed by atoms with E-state index in [2.05, 4.69) is 33.0 Å².